The van der Waals surface area contributed by atoms with Crippen LogP contribution in [0.15, 0.2) is 53.3 Å². The van der Waals surface area contributed by atoms with Gasteiger partial charge in [-0.05, 0) is 37.5 Å². The summed E-state index contributed by atoms with van der Waals surface area (Å²) < 4.78 is 5.88. The number of carbonyl (C=O) groups is 1. The molecule has 150 valence electrons. The van der Waals surface area contributed by atoms with E-state index in [0.29, 0.717) is 53.3 Å². The average Bonchev–Trinajstić information content (AvgIpc) is 2.77. The molecular weight excluding hydrogens is 364 g/mol. The SMILES string of the molecule is CCCOc1ccc(C(=O)c2ccccc2)cc1-c1nc(CC)c(CC)c(=O)[nH]1. The highest BCUT2D eigenvalue weighted by Gasteiger charge is 2.17. The maximum Gasteiger partial charge on any atom is 0.254 e. The Balaban J connectivity index is 2.14. The van der Waals surface area contributed by atoms with Gasteiger partial charge < -0.3 is 9.72 Å². The number of benzene rings is 2. The van der Waals surface area contributed by atoms with Gasteiger partial charge in [-0.1, -0.05) is 51.1 Å². The lowest BCUT2D eigenvalue weighted by Crippen LogP contribution is -2.18. The van der Waals surface area contributed by atoms with Crippen LogP contribution in [0.25, 0.3) is 11.4 Å². The summed E-state index contributed by atoms with van der Waals surface area (Å²) in [5.41, 5.74) is 3.08. The molecule has 1 N–H and O–H groups in total. The van der Waals surface area contributed by atoms with Crippen molar-refractivity contribution >= 4 is 5.78 Å². The number of rotatable bonds is 8. The Hall–Kier alpha value is -3.21. The van der Waals surface area contributed by atoms with Gasteiger partial charge in [0.05, 0.1) is 17.9 Å². The van der Waals surface area contributed by atoms with E-state index >= 15 is 0 Å². The van der Waals surface area contributed by atoms with Gasteiger partial charge in [0.15, 0.2) is 5.78 Å². The molecule has 0 aliphatic rings. The van der Waals surface area contributed by atoms with Gasteiger partial charge >= 0.3 is 0 Å². The summed E-state index contributed by atoms with van der Waals surface area (Å²) in [6.07, 6.45) is 2.13. The van der Waals surface area contributed by atoms with Crippen LogP contribution in [0.5, 0.6) is 5.75 Å². The highest BCUT2D eigenvalue weighted by atomic mass is 16.5. The first kappa shape index (κ1) is 20.5. The zero-order chi connectivity index (χ0) is 20.8. The van der Waals surface area contributed by atoms with E-state index in [4.69, 9.17) is 4.74 Å². The molecule has 3 rings (SSSR count). The number of aromatic nitrogens is 2. The molecule has 0 unspecified atom stereocenters. The summed E-state index contributed by atoms with van der Waals surface area (Å²) in [5, 5.41) is 0. The molecular formula is C24H26N2O3. The second-order valence-electron chi connectivity index (χ2n) is 6.80. The van der Waals surface area contributed by atoms with E-state index in [2.05, 4.69) is 9.97 Å². The minimum atomic E-state index is -0.143. The van der Waals surface area contributed by atoms with E-state index in [-0.39, 0.29) is 11.3 Å². The van der Waals surface area contributed by atoms with Crippen molar-refractivity contribution in [1.29, 1.82) is 0 Å². The third-order valence-corrected chi connectivity index (χ3v) is 4.78. The van der Waals surface area contributed by atoms with Crippen molar-refractivity contribution in [2.24, 2.45) is 0 Å². The van der Waals surface area contributed by atoms with Gasteiger partial charge in [-0.15, -0.1) is 0 Å². The molecule has 0 saturated heterocycles. The summed E-state index contributed by atoms with van der Waals surface area (Å²) in [6.45, 7) is 6.49. The number of ether oxygens (including phenoxy) is 1. The fourth-order valence-corrected chi connectivity index (χ4v) is 3.28. The minimum absolute atomic E-state index is 0.0860. The number of aryl methyl sites for hydroxylation is 1. The summed E-state index contributed by atoms with van der Waals surface area (Å²) in [5.74, 6) is 0.945. The Bertz CT molecular complexity index is 1060. The maximum atomic E-state index is 12.9. The smallest absolute Gasteiger partial charge is 0.254 e. The zero-order valence-electron chi connectivity index (χ0n) is 17.1. The molecule has 0 spiro atoms. The van der Waals surface area contributed by atoms with Crippen LogP contribution in [0.3, 0.4) is 0 Å². The standard InChI is InChI=1S/C24H26N2O3/c1-4-14-29-21-13-12-17(22(27)16-10-8-7-9-11-16)15-19(21)23-25-20(6-3)18(5-2)24(28)26-23/h7-13,15H,4-6,14H2,1-3H3,(H,25,26,28). The highest BCUT2D eigenvalue weighted by molar-refractivity contribution is 6.09. The summed E-state index contributed by atoms with van der Waals surface area (Å²) in [6, 6.07) is 14.4. The molecule has 0 radical (unpaired) electrons. The summed E-state index contributed by atoms with van der Waals surface area (Å²) in [4.78, 5) is 33.1. The first-order chi connectivity index (χ1) is 14.1. The van der Waals surface area contributed by atoms with Gasteiger partial charge in [0.1, 0.15) is 11.6 Å². The molecule has 3 aromatic rings. The Labute approximate surface area is 170 Å². The first-order valence-electron chi connectivity index (χ1n) is 10.1. The molecule has 0 saturated carbocycles. The Kier molecular flexibility index (Phi) is 6.60. The van der Waals surface area contributed by atoms with E-state index in [1.807, 2.05) is 39.0 Å². The van der Waals surface area contributed by atoms with Crippen LogP contribution in [-0.2, 0) is 12.8 Å². The number of carbonyl (C=O) groups excluding carboxylic acids is 1. The average molecular weight is 390 g/mol. The largest absolute Gasteiger partial charge is 0.493 e. The third kappa shape index (κ3) is 4.45. The second-order valence-corrected chi connectivity index (χ2v) is 6.80. The van der Waals surface area contributed by atoms with Gasteiger partial charge in [0.2, 0.25) is 0 Å². The van der Waals surface area contributed by atoms with Gasteiger partial charge in [-0.3, -0.25) is 9.59 Å². The van der Waals surface area contributed by atoms with E-state index in [9.17, 15) is 9.59 Å². The van der Waals surface area contributed by atoms with Crippen molar-refractivity contribution in [2.45, 2.75) is 40.0 Å². The first-order valence-corrected chi connectivity index (χ1v) is 10.1. The number of nitrogens with one attached hydrogen (secondary N) is 1. The topological polar surface area (TPSA) is 72.0 Å². The quantitative estimate of drug-likeness (QED) is 0.572. The molecule has 0 aliphatic carbocycles. The van der Waals surface area contributed by atoms with Crippen LogP contribution in [0, 0.1) is 0 Å². The van der Waals surface area contributed by atoms with E-state index in [1.165, 1.54) is 0 Å². The van der Waals surface area contributed by atoms with E-state index in [0.717, 1.165) is 12.1 Å². The molecule has 0 aliphatic heterocycles. The predicted octanol–water partition coefficient (Wildman–Crippen LogP) is 4.58. The normalized spacial score (nSPS) is 10.7. The van der Waals surface area contributed by atoms with Crippen molar-refractivity contribution in [3.63, 3.8) is 0 Å². The number of aromatic amines is 1. The molecule has 2 aromatic carbocycles. The molecule has 0 fully saturated rings. The van der Waals surface area contributed by atoms with Crippen molar-refractivity contribution in [3.8, 4) is 17.1 Å². The summed E-state index contributed by atoms with van der Waals surface area (Å²) >= 11 is 0. The minimum Gasteiger partial charge on any atom is -0.493 e. The fourth-order valence-electron chi connectivity index (χ4n) is 3.28. The number of nitrogens with zero attached hydrogens (tertiary/aromatic N) is 1. The lowest BCUT2D eigenvalue weighted by atomic mass is 10.00. The molecule has 29 heavy (non-hydrogen) atoms. The molecule has 0 amide bonds. The van der Waals surface area contributed by atoms with E-state index < -0.39 is 0 Å². The van der Waals surface area contributed by atoms with Crippen molar-refractivity contribution in [1.82, 2.24) is 9.97 Å². The van der Waals surface area contributed by atoms with E-state index in [1.54, 1.807) is 30.3 Å². The molecule has 0 atom stereocenters. The molecule has 1 aromatic heterocycles. The lowest BCUT2D eigenvalue weighted by molar-refractivity contribution is 0.103. The Morgan fingerprint density at radius 1 is 1.00 bits per heavy atom. The van der Waals surface area contributed by atoms with Gasteiger partial charge in [0.25, 0.3) is 5.56 Å². The van der Waals surface area contributed by atoms with Crippen LogP contribution in [0.2, 0.25) is 0 Å². The maximum absolute atomic E-state index is 12.9. The molecule has 5 heteroatoms. The summed E-state index contributed by atoms with van der Waals surface area (Å²) in [7, 11) is 0. The monoisotopic (exact) mass is 390 g/mol. The van der Waals surface area contributed by atoms with Gasteiger partial charge in [-0.2, -0.15) is 0 Å². The van der Waals surface area contributed by atoms with Crippen LogP contribution >= 0.6 is 0 Å². The number of hydrogen-bond acceptors (Lipinski definition) is 4. The molecule has 5 nitrogen and oxygen atoms in total. The number of ketones is 1. The lowest BCUT2D eigenvalue weighted by Gasteiger charge is -2.14. The van der Waals surface area contributed by atoms with Crippen molar-refractivity contribution < 1.29 is 9.53 Å². The second kappa shape index (κ2) is 9.32. The van der Waals surface area contributed by atoms with Gasteiger partial charge in [0, 0.05) is 16.7 Å². The van der Waals surface area contributed by atoms with Crippen LogP contribution < -0.4 is 10.3 Å². The van der Waals surface area contributed by atoms with Gasteiger partial charge in [-0.25, -0.2) is 4.98 Å². The highest BCUT2D eigenvalue weighted by Crippen LogP contribution is 2.30. The zero-order valence-corrected chi connectivity index (χ0v) is 17.1. The Morgan fingerprint density at radius 3 is 2.41 bits per heavy atom. The molecule has 0 bridgehead atoms. The predicted molar refractivity (Wildman–Crippen MR) is 115 cm³/mol. The van der Waals surface area contributed by atoms with Crippen molar-refractivity contribution in [2.75, 3.05) is 6.61 Å². The fraction of sp³-hybridized carbons (Fsp3) is 0.292. The van der Waals surface area contributed by atoms with Crippen molar-refractivity contribution in [3.05, 3.63) is 81.3 Å². The number of hydrogen-bond donors (Lipinski definition) is 1. The van der Waals surface area contributed by atoms with Crippen LogP contribution in [0.4, 0.5) is 0 Å². The van der Waals surface area contributed by atoms with Crippen LogP contribution in [-0.4, -0.2) is 22.4 Å². The third-order valence-electron chi connectivity index (χ3n) is 4.78. The number of H-pyrrole nitrogens is 1. The Morgan fingerprint density at radius 2 is 1.76 bits per heavy atom. The molecule has 1 heterocycles. The van der Waals surface area contributed by atoms with Crippen LogP contribution in [0.1, 0.15) is 54.4 Å².